The van der Waals surface area contributed by atoms with Gasteiger partial charge in [0.05, 0.1) is 42.0 Å². The maximum atomic E-state index is 9.77. The molecule has 3 aromatic rings. The smallest absolute Gasteiger partial charge is 0.177 e. The second-order valence-corrected chi connectivity index (χ2v) is 7.58. The Bertz CT molecular complexity index is 1020. The normalized spacial score (nSPS) is 18.0. The Labute approximate surface area is 161 Å². The largest absolute Gasteiger partial charge is 0.377 e. The lowest BCUT2D eigenvalue weighted by atomic mass is 9.85. The number of nitrogens with one attached hydrogen (secondary N) is 1. The second-order valence-electron chi connectivity index (χ2n) is 7.20. The van der Waals surface area contributed by atoms with E-state index in [1.807, 2.05) is 19.9 Å². The van der Waals surface area contributed by atoms with E-state index in [1.54, 1.807) is 17.1 Å². The van der Waals surface area contributed by atoms with Gasteiger partial charge in [0.25, 0.3) is 0 Å². The summed E-state index contributed by atoms with van der Waals surface area (Å²) in [6.45, 7) is 7.67. The summed E-state index contributed by atoms with van der Waals surface area (Å²) in [6, 6.07) is 4.30. The summed E-state index contributed by atoms with van der Waals surface area (Å²) in [6.07, 6.45) is 3.42. The average Bonchev–Trinajstić information content (AvgIpc) is 3.30. The number of fused-ring (bicyclic) bond motifs is 1. The molecule has 1 atom stereocenters. The number of hydrogen-bond acceptors (Lipinski definition) is 6. The van der Waals surface area contributed by atoms with Crippen LogP contribution in [-0.2, 0) is 10.2 Å². The van der Waals surface area contributed by atoms with Gasteiger partial charge in [-0.1, -0.05) is 11.6 Å². The van der Waals surface area contributed by atoms with Crippen molar-refractivity contribution < 1.29 is 4.74 Å². The van der Waals surface area contributed by atoms with Gasteiger partial charge in [-0.25, -0.2) is 4.98 Å². The second kappa shape index (κ2) is 6.51. The van der Waals surface area contributed by atoms with Gasteiger partial charge in [0.15, 0.2) is 17.3 Å². The van der Waals surface area contributed by atoms with Crippen LogP contribution in [-0.4, -0.2) is 50.8 Å². The Morgan fingerprint density at radius 2 is 2.26 bits per heavy atom. The van der Waals surface area contributed by atoms with E-state index in [0.29, 0.717) is 42.1 Å². The third-order valence-electron chi connectivity index (χ3n) is 4.89. The van der Waals surface area contributed by atoms with E-state index in [-0.39, 0.29) is 6.04 Å². The third-order valence-corrected chi connectivity index (χ3v) is 5.25. The van der Waals surface area contributed by atoms with Gasteiger partial charge in [0, 0.05) is 29.8 Å². The molecule has 140 valence electrons. The number of aromatic nitrogens is 5. The predicted molar refractivity (Wildman–Crippen MR) is 102 cm³/mol. The van der Waals surface area contributed by atoms with Crippen LogP contribution in [0.1, 0.15) is 26.3 Å². The van der Waals surface area contributed by atoms with Crippen molar-refractivity contribution in [3.63, 3.8) is 0 Å². The molecule has 0 bridgehead atoms. The average molecular weight is 386 g/mol. The first kappa shape index (κ1) is 17.8. The summed E-state index contributed by atoms with van der Waals surface area (Å²) < 4.78 is 7.21. The lowest BCUT2D eigenvalue weighted by molar-refractivity contribution is 0.0985. The highest BCUT2D eigenvalue weighted by molar-refractivity contribution is 6.35. The first-order valence-electron chi connectivity index (χ1n) is 8.77. The standard InChI is InChI=1S/C18H20ClN7O/c1-11-9-27-7-6-25(11)17-15(19)14(18(2,3)10-20)12-8-22-26(16(12)23-17)13-4-5-21-24-13/h4-5,8,11H,6-7,9H2,1-3H3,(H,21,24)/t11-/m1/s1. The van der Waals surface area contributed by atoms with Crippen molar-refractivity contribution in [3.8, 4) is 11.9 Å². The van der Waals surface area contributed by atoms with Gasteiger partial charge in [-0.3, -0.25) is 5.10 Å². The lowest BCUT2D eigenvalue weighted by Gasteiger charge is -2.35. The molecule has 0 unspecified atom stereocenters. The minimum Gasteiger partial charge on any atom is -0.377 e. The highest BCUT2D eigenvalue weighted by Crippen LogP contribution is 2.41. The molecular formula is C18H20ClN7O. The van der Waals surface area contributed by atoms with Crippen LogP contribution < -0.4 is 4.90 Å². The van der Waals surface area contributed by atoms with E-state index < -0.39 is 5.41 Å². The molecule has 0 spiro atoms. The number of halogens is 1. The Kier molecular flexibility index (Phi) is 4.29. The Morgan fingerprint density at radius 1 is 1.44 bits per heavy atom. The van der Waals surface area contributed by atoms with E-state index in [9.17, 15) is 5.26 Å². The molecule has 4 rings (SSSR count). The number of rotatable bonds is 3. The molecule has 0 aliphatic carbocycles. The van der Waals surface area contributed by atoms with Crippen molar-refractivity contribution in [2.75, 3.05) is 24.7 Å². The van der Waals surface area contributed by atoms with Gasteiger partial charge >= 0.3 is 0 Å². The number of ether oxygens (including phenoxy) is 1. The zero-order chi connectivity index (χ0) is 19.2. The van der Waals surface area contributed by atoms with Crippen molar-refractivity contribution in [2.45, 2.75) is 32.2 Å². The van der Waals surface area contributed by atoms with Crippen molar-refractivity contribution in [2.24, 2.45) is 0 Å². The number of anilines is 1. The predicted octanol–water partition coefficient (Wildman–Crippen LogP) is 2.82. The van der Waals surface area contributed by atoms with Crippen LogP contribution in [0.2, 0.25) is 5.02 Å². The van der Waals surface area contributed by atoms with E-state index in [1.165, 1.54) is 0 Å². The Hall–Kier alpha value is -2.63. The molecule has 8 nitrogen and oxygen atoms in total. The molecule has 0 saturated carbocycles. The topological polar surface area (TPSA) is 95.7 Å². The maximum Gasteiger partial charge on any atom is 0.177 e. The Morgan fingerprint density at radius 3 is 2.93 bits per heavy atom. The number of pyridine rings is 1. The molecule has 1 aliphatic rings. The molecule has 1 saturated heterocycles. The number of hydrogen-bond donors (Lipinski definition) is 1. The molecule has 9 heteroatoms. The zero-order valence-electron chi connectivity index (χ0n) is 15.4. The number of H-pyrrole nitrogens is 1. The quantitative estimate of drug-likeness (QED) is 0.744. The van der Waals surface area contributed by atoms with E-state index >= 15 is 0 Å². The van der Waals surface area contributed by atoms with Crippen LogP contribution >= 0.6 is 11.6 Å². The molecular weight excluding hydrogens is 366 g/mol. The third kappa shape index (κ3) is 2.83. The van der Waals surface area contributed by atoms with Gasteiger partial charge in [0.2, 0.25) is 0 Å². The number of nitrogens with zero attached hydrogens (tertiary/aromatic N) is 6. The number of nitriles is 1. The van der Waals surface area contributed by atoms with E-state index in [2.05, 4.69) is 33.2 Å². The van der Waals surface area contributed by atoms with Crippen LogP contribution in [0.25, 0.3) is 16.9 Å². The zero-order valence-corrected chi connectivity index (χ0v) is 16.2. The monoisotopic (exact) mass is 385 g/mol. The van der Waals surface area contributed by atoms with Crippen LogP contribution in [0.4, 0.5) is 5.82 Å². The van der Waals surface area contributed by atoms with Crippen molar-refractivity contribution in [1.82, 2.24) is 25.0 Å². The molecule has 1 N–H and O–H groups in total. The van der Waals surface area contributed by atoms with E-state index in [4.69, 9.17) is 21.3 Å². The van der Waals surface area contributed by atoms with E-state index in [0.717, 1.165) is 10.9 Å². The first-order chi connectivity index (χ1) is 12.9. The molecule has 27 heavy (non-hydrogen) atoms. The summed E-state index contributed by atoms with van der Waals surface area (Å²) in [5.74, 6) is 1.28. The van der Waals surface area contributed by atoms with Crippen LogP contribution in [0.3, 0.4) is 0 Å². The maximum absolute atomic E-state index is 9.77. The molecule has 1 aliphatic heterocycles. The van der Waals surface area contributed by atoms with Crippen molar-refractivity contribution in [3.05, 3.63) is 29.0 Å². The SMILES string of the molecule is C[C@@H]1COCCN1c1nc2c(cnn2-c2cc[nH]n2)c(C(C)(C)C#N)c1Cl. The fraction of sp³-hybridized carbons (Fsp3) is 0.444. The fourth-order valence-electron chi connectivity index (χ4n) is 3.44. The highest BCUT2D eigenvalue weighted by atomic mass is 35.5. The molecule has 0 amide bonds. The highest BCUT2D eigenvalue weighted by Gasteiger charge is 2.33. The molecule has 1 fully saturated rings. The summed E-state index contributed by atoms with van der Waals surface area (Å²) >= 11 is 6.83. The summed E-state index contributed by atoms with van der Waals surface area (Å²) in [5, 5.41) is 22.5. The first-order valence-corrected chi connectivity index (χ1v) is 9.15. The summed E-state index contributed by atoms with van der Waals surface area (Å²) in [4.78, 5) is 6.98. The van der Waals surface area contributed by atoms with Crippen molar-refractivity contribution >= 4 is 28.5 Å². The lowest BCUT2D eigenvalue weighted by Crippen LogP contribution is -2.44. The summed E-state index contributed by atoms with van der Waals surface area (Å²) in [7, 11) is 0. The van der Waals surface area contributed by atoms with Crippen LogP contribution in [0, 0.1) is 11.3 Å². The van der Waals surface area contributed by atoms with Crippen LogP contribution in [0.15, 0.2) is 18.5 Å². The molecule has 3 aromatic heterocycles. The van der Waals surface area contributed by atoms with Crippen LogP contribution in [0.5, 0.6) is 0 Å². The minimum absolute atomic E-state index is 0.126. The van der Waals surface area contributed by atoms with Gasteiger partial charge < -0.3 is 9.64 Å². The number of aromatic amines is 1. The van der Waals surface area contributed by atoms with Gasteiger partial charge in [0.1, 0.15) is 0 Å². The van der Waals surface area contributed by atoms with Crippen molar-refractivity contribution in [1.29, 1.82) is 5.26 Å². The summed E-state index contributed by atoms with van der Waals surface area (Å²) in [5.41, 5.74) is 0.549. The molecule has 0 radical (unpaired) electrons. The van der Waals surface area contributed by atoms with Gasteiger partial charge in [-0.2, -0.15) is 20.1 Å². The minimum atomic E-state index is -0.804. The fourth-order valence-corrected chi connectivity index (χ4v) is 3.93. The van der Waals surface area contributed by atoms with Gasteiger partial charge in [-0.05, 0) is 20.8 Å². The van der Waals surface area contributed by atoms with Gasteiger partial charge in [-0.15, -0.1) is 0 Å². The Balaban J connectivity index is 2.02. The number of morpholine rings is 1. The molecule has 0 aromatic carbocycles. The molecule has 4 heterocycles.